The van der Waals surface area contributed by atoms with Crippen molar-refractivity contribution in [2.45, 2.75) is 50.2 Å². The molecular weight excluding hydrogens is 140 g/mol. The van der Waals surface area contributed by atoms with Crippen molar-refractivity contribution >= 4 is 0 Å². The monoisotopic (exact) mass is 156 g/mol. The van der Waals surface area contributed by atoms with Gasteiger partial charge in [0, 0.05) is 6.42 Å². The van der Waals surface area contributed by atoms with Crippen LogP contribution in [0.4, 0.5) is 0 Å². The van der Waals surface area contributed by atoms with E-state index >= 15 is 0 Å². The van der Waals surface area contributed by atoms with Crippen LogP contribution in [0.15, 0.2) is 0 Å². The average molecular weight is 156 g/mol. The minimum absolute atomic E-state index is 0.237. The fraction of sp³-hybridized carbons (Fsp3) is 1.00. The molecule has 0 heterocycles. The van der Waals surface area contributed by atoms with E-state index < -0.39 is 5.60 Å². The van der Waals surface area contributed by atoms with Gasteiger partial charge in [0.15, 0.2) is 0 Å². The van der Waals surface area contributed by atoms with Gasteiger partial charge < -0.3 is 10.2 Å². The molecule has 0 aromatic rings. The fourth-order valence-corrected chi connectivity index (χ4v) is 2.75. The molecule has 2 N–H and O–H groups in total. The van der Waals surface area contributed by atoms with Crippen LogP contribution in [0.3, 0.4) is 0 Å². The molecule has 0 spiro atoms. The molecule has 2 aliphatic carbocycles. The van der Waals surface area contributed by atoms with Crippen molar-refractivity contribution in [3.8, 4) is 0 Å². The van der Waals surface area contributed by atoms with Crippen molar-refractivity contribution in [1.82, 2.24) is 0 Å². The molecule has 2 fully saturated rings. The number of hydrogen-bond donors (Lipinski definition) is 2. The van der Waals surface area contributed by atoms with Crippen molar-refractivity contribution < 1.29 is 10.2 Å². The third-order valence-electron chi connectivity index (χ3n) is 3.14. The smallest absolute Gasteiger partial charge is 0.0675 e. The van der Waals surface area contributed by atoms with Gasteiger partial charge in [0.25, 0.3) is 0 Å². The average Bonchev–Trinajstić information content (AvgIpc) is 1.82. The van der Waals surface area contributed by atoms with Crippen LogP contribution in [0.2, 0.25) is 0 Å². The van der Waals surface area contributed by atoms with Gasteiger partial charge in [-0.3, -0.25) is 0 Å². The number of rotatable bonds is 0. The molecule has 11 heavy (non-hydrogen) atoms. The minimum Gasteiger partial charge on any atom is -0.393 e. The largest absolute Gasteiger partial charge is 0.393 e. The molecule has 0 aromatic carbocycles. The van der Waals surface area contributed by atoms with Crippen LogP contribution in [0.25, 0.3) is 0 Å². The molecule has 2 aliphatic rings. The molecule has 0 radical (unpaired) electrons. The molecule has 2 bridgehead atoms. The zero-order chi connectivity index (χ0) is 7.90. The summed E-state index contributed by atoms with van der Waals surface area (Å²) >= 11 is 0. The fourth-order valence-electron chi connectivity index (χ4n) is 2.75. The number of aliphatic hydroxyl groups excluding tert-OH is 1. The van der Waals surface area contributed by atoms with E-state index in [1.807, 2.05) is 0 Å². The Balaban J connectivity index is 2.09. The van der Waals surface area contributed by atoms with Gasteiger partial charge in [-0.15, -0.1) is 0 Å². The minimum atomic E-state index is -0.499. The lowest BCUT2D eigenvalue weighted by molar-refractivity contribution is -0.0906. The van der Waals surface area contributed by atoms with E-state index in [0.29, 0.717) is 12.3 Å². The van der Waals surface area contributed by atoms with E-state index in [2.05, 4.69) is 0 Å². The molecule has 0 unspecified atom stereocenters. The Labute approximate surface area is 67.2 Å². The standard InChI is InChI=1S/C9H16O2/c10-8-4-7-2-1-3-9(11,5-7)6-8/h7-8,10-11H,1-6H2/t7-,8-,9+/m1/s1. The Kier molecular flexibility index (Phi) is 1.69. The molecule has 0 amide bonds. The Bertz CT molecular complexity index is 154. The summed E-state index contributed by atoms with van der Waals surface area (Å²) in [6, 6.07) is 0. The maximum absolute atomic E-state index is 9.91. The maximum Gasteiger partial charge on any atom is 0.0675 e. The first-order chi connectivity index (χ1) is 5.18. The van der Waals surface area contributed by atoms with Gasteiger partial charge in [-0.05, 0) is 25.2 Å². The van der Waals surface area contributed by atoms with Gasteiger partial charge in [0.1, 0.15) is 0 Å². The lowest BCUT2D eigenvalue weighted by atomic mass is 9.68. The second-order valence-corrected chi connectivity index (χ2v) is 4.28. The first-order valence-electron chi connectivity index (χ1n) is 4.58. The molecular formula is C9H16O2. The van der Waals surface area contributed by atoms with Crippen LogP contribution in [-0.4, -0.2) is 21.9 Å². The summed E-state index contributed by atoms with van der Waals surface area (Å²) < 4.78 is 0. The summed E-state index contributed by atoms with van der Waals surface area (Å²) in [5, 5.41) is 19.3. The second kappa shape index (κ2) is 2.46. The van der Waals surface area contributed by atoms with Crippen LogP contribution < -0.4 is 0 Å². The molecule has 2 nitrogen and oxygen atoms in total. The first kappa shape index (κ1) is 7.56. The molecule has 2 saturated carbocycles. The molecule has 2 rings (SSSR count). The van der Waals surface area contributed by atoms with Gasteiger partial charge in [-0.1, -0.05) is 12.8 Å². The van der Waals surface area contributed by atoms with Crippen molar-refractivity contribution in [1.29, 1.82) is 0 Å². The first-order valence-corrected chi connectivity index (χ1v) is 4.58. The summed E-state index contributed by atoms with van der Waals surface area (Å²) in [5.74, 6) is 0.595. The van der Waals surface area contributed by atoms with Crippen molar-refractivity contribution in [3.05, 3.63) is 0 Å². The van der Waals surface area contributed by atoms with E-state index in [-0.39, 0.29) is 6.10 Å². The van der Waals surface area contributed by atoms with Gasteiger partial charge >= 0.3 is 0 Å². The van der Waals surface area contributed by atoms with Crippen molar-refractivity contribution in [2.24, 2.45) is 5.92 Å². The SMILES string of the molecule is O[C@@H]1C[C@H]2CCC[C@@](O)(C1)C2. The molecule has 0 aliphatic heterocycles. The molecule has 64 valence electrons. The predicted molar refractivity (Wildman–Crippen MR) is 42.1 cm³/mol. The number of fused-ring (bicyclic) bond motifs is 2. The zero-order valence-electron chi connectivity index (χ0n) is 6.79. The molecule has 2 heteroatoms. The quantitative estimate of drug-likeness (QED) is 0.550. The summed E-state index contributed by atoms with van der Waals surface area (Å²) in [4.78, 5) is 0. The third kappa shape index (κ3) is 1.42. The molecule has 3 atom stereocenters. The normalized spacial score (nSPS) is 50.7. The van der Waals surface area contributed by atoms with E-state index in [1.165, 1.54) is 6.42 Å². The summed E-state index contributed by atoms with van der Waals surface area (Å²) in [5.41, 5.74) is -0.499. The third-order valence-corrected chi connectivity index (χ3v) is 3.14. The van der Waals surface area contributed by atoms with E-state index in [1.54, 1.807) is 0 Å². The lowest BCUT2D eigenvalue weighted by Gasteiger charge is -2.43. The number of hydrogen-bond acceptors (Lipinski definition) is 2. The van der Waals surface area contributed by atoms with Crippen LogP contribution in [0.5, 0.6) is 0 Å². The second-order valence-electron chi connectivity index (χ2n) is 4.28. The Morgan fingerprint density at radius 1 is 1.27 bits per heavy atom. The van der Waals surface area contributed by atoms with Crippen LogP contribution in [0.1, 0.15) is 38.5 Å². The summed E-state index contributed by atoms with van der Waals surface area (Å²) in [6.45, 7) is 0. The van der Waals surface area contributed by atoms with E-state index in [4.69, 9.17) is 0 Å². The highest BCUT2D eigenvalue weighted by molar-refractivity contribution is 4.93. The highest BCUT2D eigenvalue weighted by Crippen LogP contribution is 2.42. The van der Waals surface area contributed by atoms with Crippen molar-refractivity contribution in [3.63, 3.8) is 0 Å². The summed E-state index contributed by atoms with van der Waals surface area (Å²) in [6.07, 6.45) is 5.49. The molecule has 0 saturated heterocycles. The predicted octanol–water partition coefficient (Wildman–Crippen LogP) is 1.06. The van der Waals surface area contributed by atoms with Gasteiger partial charge in [-0.2, -0.15) is 0 Å². The summed E-state index contributed by atoms with van der Waals surface area (Å²) in [7, 11) is 0. The van der Waals surface area contributed by atoms with Crippen LogP contribution in [0, 0.1) is 5.92 Å². The lowest BCUT2D eigenvalue weighted by Crippen LogP contribution is -2.44. The van der Waals surface area contributed by atoms with Crippen LogP contribution >= 0.6 is 0 Å². The topological polar surface area (TPSA) is 40.5 Å². The van der Waals surface area contributed by atoms with Crippen LogP contribution in [-0.2, 0) is 0 Å². The van der Waals surface area contributed by atoms with Crippen molar-refractivity contribution in [2.75, 3.05) is 0 Å². The highest BCUT2D eigenvalue weighted by atomic mass is 16.3. The Hall–Kier alpha value is -0.0800. The van der Waals surface area contributed by atoms with Gasteiger partial charge in [-0.25, -0.2) is 0 Å². The molecule has 0 aromatic heterocycles. The van der Waals surface area contributed by atoms with E-state index in [9.17, 15) is 10.2 Å². The van der Waals surface area contributed by atoms with Gasteiger partial charge in [0.05, 0.1) is 11.7 Å². The Morgan fingerprint density at radius 3 is 2.82 bits per heavy atom. The number of aliphatic hydroxyl groups is 2. The van der Waals surface area contributed by atoms with E-state index in [0.717, 1.165) is 25.7 Å². The highest BCUT2D eigenvalue weighted by Gasteiger charge is 2.40. The maximum atomic E-state index is 9.91. The zero-order valence-corrected chi connectivity index (χ0v) is 6.79. The Morgan fingerprint density at radius 2 is 2.09 bits per heavy atom. The van der Waals surface area contributed by atoms with Gasteiger partial charge in [0.2, 0.25) is 0 Å².